The fraction of sp³-hybridized carbons (Fsp3) is 0.146. The molecule has 0 aliphatic carbocycles. The predicted octanol–water partition coefficient (Wildman–Crippen LogP) is 11.0. The van der Waals surface area contributed by atoms with Crippen LogP contribution in [0.15, 0.2) is 124 Å². The van der Waals surface area contributed by atoms with Crippen LogP contribution in [0.25, 0.3) is 67.0 Å². The van der Waals surface area contributed by atoms with E-state index in [0.29, 0.717) is 23.3 Å². The second-order valence-corrected chi connectivity index (χ2v) is 11.9. The smallest absolute Gasteiger partial charge is 0.227 e. The van der Waals surface area contributed by atoms with E-state index >= 15 is 0 Å². The van der Waals surface area contributed by atoms with Crippen molar-refractivity contribution in [1.82, 2.24) is 15.0 Å². The van der Waals surface area contributed by atoms with Crippen LogP contribution in [0, 0.1) is 12.1 Å². The first-order valence-electron chi connectivity index (χ1n) is 15.6. The monoisotopic (exact) mass is 792 g/mol. The molecule has 0 saturated carbocycles. The molecule has 0 saturated heterocycles. The Morgan fingerprint density at radius 2 is 1.30 bits per heavy atom. The molecule has 6 heteroatoms. The molecule has 0 N–H and O–H groups in total. The van der Waals surface area contributed by atoms with Crippen LogP contribution in [0.3, 0.4) is 0 Å². The van der Waals surface area contributed by atoms with E-state index in [4.69, 9.17) is 13.8 Å². The number of oxazole rings is 1. The van der Waals surface area contributed by atoms with Gasteiger partial charge >= 0.3 is 0 Å². The average Bonchev–Trinajstić information content (AvgIpc) is 3.72. The van der Waals surface area contributed by atoms with Gasteiger partial charge in [-0.3, -0.25) is 0 Å². The van der Waals surface area contributed by atoms with Crippen LogP contribution in [0.5, 0.6) is 0 Å². The fourth-order valence-corrected chi connectivity index (χ4v) is 5.53. The number of hydrogen-bond donors (Lipinski definition) is 0. The molecule has 0 aliphatic rings. The third-order valence-corrected chi connectivity index (χ3v) is 8.12. The summed E-state index contributed by atoms with van der Waals surface area (Å²) in [7, 11) is 0. The van der Waals surface area contributed by atoms with E-state index in [1.165, 1.54) is 11.1 Å². The molecule has 1 radical (unpaired) electrons. The van der Waals surface area contributed by atoms with E-state index in [-0.39, 0.29) is 20.1 Å². The van der Waals surface area contributed by atoms with Crippen molar-refractivity contribution >= 4 is 33.0 Å². The minimum atomic E-state index is 0. The van der Waals surface area contributed by atoms with E-state index in [9.17, 15) is 0 Å². The van der Waals surface area contributed by atoms with Gasteiger partial charge in [0.15, 0.2) is 16.7 Å². The third-order valence-electron chi connectivity index (χ3n) is 8.12. The zero-order valence-electron chi connectivity index (χ0n) is 26.6. The summed E-state index contributed by atoms with van der Waals surface area (Å²) >= 11 is 0. The molecule has 0 aliphatic heterocycles. The van der Waals surface area contributed by atoms with Gasteiger partial charge in [0.1, 0.15) is 0 Å². The average molecular weight is 792 g/mol. The SMILES string of the molecule is CC(C)c1ccnc(-c2[c-]ccc3c2oc2c3ccc3oc(-c4ccccc4)nc32)c1.CC(C)c1ccnc(-c2[c-]cccc2)c1.[Ir]. The molecule has 47 heavy (non-hydrogen) atoms. The Bertz CT molecular complexity index is 2270. The first-order valence-corrected chi connectivity index (χ1v) is 15.6. The van der Waals surface area contributed by atoms with E-state index in [1.54, 1.807) is 0 Å². The predicted molar refractivity (Wildman–Crippen MR) is 185 cm³/mol. The van der Waals surface area contributed by atoms with Gasteiger partial charge in [-0.1, -0.05) is 80.1 Å². The molecular formula is C41H33IrN3O2-2. The minimum Gasteiger partial charge on any atom is -0.498 e. The maximum atomic E-state index is 6.41. The number of fused-ring (bicyclic) bond motifs is 5. The standard InChI is InChI=1S/C27H19N2O2.C14H14N.Ir/c1-16(2)18-13-14-28-22(15-18)21-10-6-9-19-20-11-12-23-24(26(20)31-25(19)21)29-27(30-23)17-7-4-3-5-8-17;1-11(2)13-8-9-15-14(10-13)12-6-4-3-5-7-12;/h3-9,11-16H,1-2H3;3-6,8-11H,1-2H3;/q2*-1;. The molecule has 235 valence electrons. The summed E-state index contributed by atoms with van der Waals surface area (Å²) in [6.45, 7) is 8.73. The summed E-state index contributed by atoms with van der Waals surface area (Å²) in [5.74, 6) is 1.54. The topological polar surface area (TPSA) is 65.0 Å². The summed E-state index contributed by atoms with van der Waals surface area (Å²) in [6.07, 6.45) is 3.72. The molecule has 4 heterocycles. The molecule has 0 fully saturated rings. The number of benzene rings is 4. The summed E-state index contributed by atoms with van der Waals surface area (Å²) in [6, 6.07) is 40.7. The Kier molecular flexibility index (Phi) is 9.44. The second-order valence-electron chi connectivity index (χ2n) is 11.9. The van der Waals surface area contributed by atoms with E-state index in [0.717, 1.165) is 55.5 Å². The number of aromatic nitrogens is 3. The van der Waals surface area contributed by atoms with Crippen molar-refractivity contribution in [3.63, 3.8) is 0 Å². The van der Waals surface area contributed by atoms with Crippen LogP contribution in [-0.2, 0) is 20.1 Å². The largest absolute Gasteiger partial charge is 0.498 e. The first-order chi connectivity index (χ1) is 22.5. The van der Waals surface area contributed by atoms with Gasteiger partial charge in [0.2, 0.25) is 5.89 Å². The molecular weight excluding hydrogens is 759 g/mol. The molecule has 4 aromatic heterocycles. The van der Waals surface area contributed by atoms with Crippen molar-refractivity contribution in [2.75, 3.05) is 0 Å². The van der Waals surface area contributed by atoms with Crippen LogP contribution in [0.4, 0.5) is 0 Å². The minimum absolute atomic E-state index is 0. The molecule has 0 bridgehead atoms. The summed E-state index contributed by atoms with van der Waals surface area (Å²) < 4.78 is 12.4. The number of furan rings is 1. The number of hydrogen-bond acceptors (Lipinski definition) is 5. The van der Waals surface area contributed by atoms with Crippen molar-refractivity contribution < 1.29 is 28.9 Å². The van der Waals surface area contributed by atoms with Crippen molar-refractivity contribution in [3.05, 3.63) is 139 Å². The van der Waals surface area contributed by atoms with Gasteiger partial charge in [0.05, 0.1) is 5.58 Å². The van der Waals surface area contributed by atoms with E-state index in [1.807, 2.05) is 91.3 Å². The maximum Gasteiger partial charge on any atom is 0.227 e. The summed E-state index contributed by atoms with van der Waals surface area (Å²) in [4.78, 5) is 13.7. The van der Waals surface area contributed by atoms with Crippen LogP contribution in [0.2, 0.25) is 0 Å². The first kappa shape index (κ1) is 32.1. The van der Waals surface area contributed by atoms with Gasteiger partial charge in [-0.25, -0.2) is 4.98 Å². The van der Waals surface area contributed by atoms with E-state index in [2.05, 4.69) is 74.1 Å². The molecule has 0 amide bonds. The Labute approximate surface area is 288 Å². The molecule has 4 aromatic carbocycles. The van der Waals surface area contributed by atoms with Gasteiger partial charge in [-0.05, 0) is 59.6 Å². The maximum absolute atomic E-state index is 6.41. The quantitative estimate of drug-likeness (QED) is 0.162. The Hall–Kier alpha value is -4.90. The fourth-order valence-electron chi connectivity index (χ4n) is 5.53. The molecule has 8 rings (SSSR count). The zero-order chi connectivity index (χ0) is 31.6. The van der Waals surface area contributed by atoms with Crippen LogP contribution >= 0.6 is 0 Å². The van der Waals surface area contributed by atoms with Crippen LogP contribution in [-0.4, -0.2) is 15.0 Å². The Morgan fingerprint density at radius 1 is 0.617 bits per heavy atom. The van der Waals surface area contributed by atoms with Crippen LogP contribution in [0.1, 0.15) is 50.7 Å². The van der Waals surface area contributed by atoms with Crippen molar-refractivity contribution in [2.24, 2.45) is 0 Å². The molecule has 5 nitrogen and oxygen atoms in total. The number of rotatable bonds is 5. The zero-order valence-corrected chi connectivity index (χ0v) is 29.0. The number of pyridine rings is 2. The van der Waals surface area contributed by atoms with Gasteiger partial charge < -0.3 is 18.8 Å². The van der Waals surface area contributed by atoms with Crippen LogP contribution < -0.4 is 0 Å². The molecule has 8 aromatic rings. The van der Waals surface area contributed by atoms with Crippen molar-refractivity contribution in [3.8, 4) is 34.0 Å². The van der Waals surface area contributed by atoms with Gasteiger partial charge in [0, 0.05) is 43.4 Å². The van der Waals surface area contributed by atoms with E-state index < -0.39 is 0 Å². The summed E-state index contributed by atoms with van der Waals surface area (Å²) in [5, 5.41) is 2.03. The van der Waals surface area contributed by atoms with Crippen molar-refractivity contribution in [1.29, 1.82) is 0 Å². The molecule has 0 atom stereocenters. The Morgan fingerprint density at radius 3 is 2.00 bits per heavy atom. The van der Waals surface area contributed by atoms with Gasteiger partial charge in [0.25, 0.3) is 0 Å². The Balaban J connectivity index is 0.000000204. The normalized spacial score (nSPS) is 11.2. The van der Waals surface area contributed by atoms with Crippen molar-refractivity contribution in [2.45, 2.75) is 39.5 Å². The third kappa shape index (κ3) is 6.53. The van der Waals surface area contributed by atoms with Gasteiger partial charge in [-0.2, -0.15) is 0 Å². The second kappa shape index (κ2) is 13.8. The molecule has 0 unspecified atom stereocenters. The summed E-state index contributed by atoms with van der Waals surface area (Å²) in [5.41, 5.74) is 10.2. The van der Waals surface area contributed by atoms with Gasteiger partial charge in [-0.15, -0.1) is 54.1 Å². The number of nitrogens with zero attached hydrogens (tertiary/aromatic N) is 3. The molecule has 0 spiro atoms.